The Labute approximate surface area is 136 Å². The zero-order valence-electron chi connectivity index (χ0n) is 13.7. The standard InChI is InChI=1S/C19H22FNO2/c1-13(2)19(14-8-10-16(23-3)11-9-14)21-18(22)12-15-6-4-5-7-17(15)20/h4-11,13,19H,12H2,1-3H3,(H,21,22)/t19-/m0/s1. The molecule has 122 valence electrons. The molecule has 1 amide bonds. The fraction of sp³-hybridized carbons (Fsp3) is 0.316. The summed E-state index contributed by atoms with van der Waals surface area (Å²) < 4.78 is 18.8. The molecule has 0 saturated carbocycles. The maximum absolute atomic E-state index is 13.7. The van der Waals surface area contributed by atoms with Crippen molar-refractivity contribution in [1.29, 1.82) is 0 Å². The smallest absolute Gasteiger partial charge is 0.225 e. The number of hydrogen-bond donors (Lipinski definition) is 1. The summed E-state index contributed by atoms with van der Waals surface area (Å²) in [6.45, 7) is 4.08. The van der Waals surface area contributed by atoms with Gasteiger partial charge >= 0.3 is 0 Å². The van der Waals surface area contributed by atoms with Crippen molar-refractivity contribution in [3.05, 3.63) is 65.5 Å². The number of halogens is 1. The van der Waals surface area contributed by atoms with Crippen LogP contribution >= 0.6 is 0 Å². The van der Waals surface area contributed by atoms with Gasteiger partial charge in [0.25, 0.3) is 0 Å². The number of rotatable bonds is 6. The van der Waals surface area contributed by atoms with Crippen LogP contribution in [0.2, 0.25) is 0 Å². The van der Waals surface area contributed by atoms with E-state index in [1.165, 1.54) is 6.07 Å². The van der Waals surface area contributed by atoms with Crippen LogP contribution < -0.4 is 10.1 Å². The van der Waals surface area contributed by atoms with Crippen LogP contribution in [-0.2, 0) is 11.2 Å². The van der Waals surface area contributed by atoms with Crippen molar-refractivity contribution in [2.45, 2.75) is 26.3 Å². The summed E-state index contributed by atoms with van der Waals surface area (Å²) in [6.07, 6.45) is 0.0338. The summed E-state index contributed by atoms with van der Waals surface area (Å²) in [7, 11) is 1.62. The lowest BCUT2D eigenvalue weighted by Crippen LogP contribution is -2.33. The highest BCUT2D eigenvalue weighted by Crippen LogP contribution is 2.24. The molecule has 1 atom stereocenters. The van der Waals surface area contributed by atoms with Gasteiger partial charge in [0.05, 0.1) is 19.6 Å². The molecular formula is C19H22FNO2. The minimum absolute atomic E-state index is 0.0338. The summed E-state index contributed by atoms with van der Waals surface area (Å²) in [5, 5.41) is 3.00. The number of amides is 1. The molecular weight excluding hydrogens is 293 g/mol. The molecule has 4 heteroatoms. The predicted octanol–water partition coefficient (Wildman–Crippen LogP) is 3.89. The van der Waals surface area contributed by atoms with Gasteiger partial charge in [-0.3, -0.25) is 4.79 Å². The molecule has 0 radical (unpaired) electrons. The minimum Gasteiger partial charge on any atom is -0.497 e. The number of carbonyl (C=O) groups excluding carboxylic acids is 1. The molecule has 0 fully saturated rings. The van der Waals surface area contributed by atoms with Crippen molar-refractivity contribution in [2.24, 2.45) is 5.92 Å². The van der Waals surface area contributed by atoms with Gasteiger partial charge in [0.2, 0.25) is 5.91 Å². The van der Waals surface area contributed by atoms with Crippen molar-refractivity contribution in [1.82, 2.24) is 5.32 Å². The van der Waals surface area contributed by atoms with Crippen molar-refractivity contribution in [3.8, 4) is 5.75 Å². The van der Waals surface area contributed by atoms with Gasteiger partial charge in [0.15, 0.2) is 0 Å². The van der Waals surface area contributed by atoms with Gasteiger partial charge in [-0.1, -0.05) is 44.2 Å². The van der Waals surface area contributed by atoms with E-state index in [1.807, 2.05) is 38.1 Å². The number of nitrogens with one attached hydrogen (secondary N) is 1. The van der Waals surface area contributed by atoms with E-state index in [0.29, 0.717) is 5.56 Å². The molecule has 2 aromatic rings. The molecule has 23 heavy (non-hydrogen) atoms. The molecule has 0 spiro atoms. The summed E-state index contributed by atoms with van der Waals surface area (Å²) >= 11 is 0. The Kier molecular flexibility index (Phi) is 5.74. The maximum Gasteiger partial charge on any atom is 0.225 e. The van der Waals surface area contributed by atoms with Crippen LogP contribution in [0.3, 0.4) is 0 Å². The van der Waals surface area contributed by atoms with Gasteiger partial charge in [0.1, 0.15) is 11.6 Å². The average Bonchev–Trinajstić information content (AvgIpc) is 2.55. The van der Waals surface area contributed by atoms with Gasteiger partial charge < -0.3 is 10.1 Å². The van der Waals surface area contributed by atoms with E-state index in [4.69, 9.17) is 4.74 Å². The molecule has 0 aliphatic carbocycles. The Morgan fingerprint density at radius 1 is 1.13 bits per heavy atom. The topological polar surface area (TPSA) is 38.3 Å². The van der Waals surface area contributed by atoms with E-state index >= 15 is 0 Å². The summed E-state index contributed by atoms with van der Waals surface area (Å²) in [5.41, 5.74) is 1.41. The van der Waals surface area contributed by atoms with Crippen LogP contribution in [-0.4, -0.2) is 13.0 Å². The molecule has 0 aromatic heterocycles. The third-order valence-corrected chi connectivity index (χ3v) is 3.77. The summed E-state index contributed by atoms with van der Waals surface area (Å²) in [5.74, 6) is 0.444. The van der Waals surface area contributed by atoms with E-state index in [9.17, 15) is 9.18 Å². The zero-order chi connectivity index (χ0) is 16.8. The lowest BCUT2D eigenvalue weighted by molar-refractivity contribution is -0.121. The van der Waals surface area contributed by atoms with Gasteiger partial charge in [-0.05, 0) is 35.2 Å². The number of ether oxygens (including phenoxy) is 1. The van der Waals surface area contributed by atoms with Gasteiger partial charge in [-0.2, -0.15) is 0 Å². The number of hydrogen-bond acceptors (Lipinski definition) is 2. The molecule has 1 N–H and O–H groups in total. The molecule has 0 heterocycles. The molecule has 0 saturated heterocycles. The molecule has 2 rings (SSSR count). The third-order valence-electron chi connectivity index (χ3n) is 3.77. The zero-order valence-corrected chi connectivity index (χ0v) is 13.7. The highest BCUT2D eigenvalue weighted by atomic mass is 19.1. The Morgan fingerprint density at radius 3 is 2.35 bits per heavy atom. The van der Waals surface area contributed by atoms with E-state index in [1.54, 1.807) is 25.3 Å². The number of methoxy groups -OCH3 is 1. The summed E-state index contributed by atoms with van der Waals surface area (Å²) in [6, 6.07) is 13.8. The summed E-state index contributed by atoms with van der Waals surface area (Å²) in [4.78, 5) is 12.3. The molecule has 0 aliphatic rings. The second kappa shape index (κ2) is 7.77. The largest absolute Gasteiger partial charge is 0.497 e. The first kappa shape index (κ1) is 17.0. The van der Waals surface area contributed by atoms with Gasteiger partial charge in [0, 0.05) is 0 Å². The van der Waals surface area contributed by atoms with Crippen LogP contribution in [0.25, 0.3) is 0 Å². The second-order valence-corrected chi connectivity index (χ2v) is 5.83. The Hall–Kier alpha value is -2.36. The first-order chi connectivity index (χ1) is 11.0. The van der Waals surface area contributed by atoms with E-state index < -0.39 is 0 Å². The normalized spacial score (nSPS) is 12.0. The van der Waals surface area contributed by atoms with Gasteiger partial charge in [-0.25, -0.2) is 4.39 Å². The third kappa shape index (κ3) is 4.55. The highest BCUT2D eigenvalue weighted by molar-refractivity contribution is 5.79. The van der Waals surface area contributed by atoms with Crippen molar-refractivity contribution < 1.29 is 13.9 Å². The minimum atomic E-state index is -0.354. The monoisotopic (exact) mass is 315 g/mol. The quantitative estimate of drug-likeness (QED) is 0.878. The van der Waals surface area contributed by atoms with Crippen LogP contribution in [0.15, 0.2) is 48.5 Å². The molecule has 0 unspecified atom stereocenters. The average molecular weight is 315 g/mol. The van der Waals surface area contributed by atoms with Crippen molar-refractivity contribution in [3.63, 3.8) is 0 Å². The molecule has 2 aromatic carbocycles. The van der Waals surface area contributed by atoms with Crippen molar-refractivity contribution in [2.75, 3.05) is 7.11 Å². The lowest BCUT2D eigenvalue weighted by Gasteiger charge is -2.23. The second-order valence-electron chi connectivity index (χ2n) is 5.83. The SMILES string of the molecule is COc1ccc([C@@H](NC(=O)Cc2ccccc2F)C(C)C)cc1. The fourth-order valence-corrected chi connectivity index (χ4v) is 2.49. The molecule has 0 bridgehead atoms. The first-order valence-corrected chi connectivity index (χ1v) is 7.68. The van der Waals surface area contributed by atoms with E-state index in [-0.39, 0.29) is 30.1 Å². The Balaban J connectivity index is 2.09. The maximum atomic E-state index is 13.7. The lowest BCUT2D eigenvalue weighted by atomic mass is 9.95. The van der Waals surface area contributed by atoms with E-state index in [2.05, 4.69) is 5.32 Å². The first-order valence-electron chi connectivity index (χ1n) is 7.68. The van der Waals surface area contributed by atoms with E-state index in [0.717, 1.165) is 11.3 Å². The Morgan fingerprint density at radius 2 is 1.78 bits per heavy atom. The fourth-order valence-electron chi connectivity index (χ4n) is 2.49. The van der Waals surface area contributed by atoms with Crippen LogP contribution in [0.4, 0.5) is 4.39 Å². The number of benzene rings is 2. The van der Waals surface area contributed by atoms with Crippen LogP contribution in [0.1, 0.15) is 31.0 Å². The van der Waals surface area contributed by atoms with Crippen LogP contribution in [0.5, 0.6) is 5.75 Å². The predicted molar refractivity (Wildman–Crippen MR) is 88.8 cm³/mol. The molecule has 3 nitrogen and oxygen atoms in total. The molecule has 0 aliphatic heterocycles. The van der Waals surface area contributed by atoms with Crippen molar-refractivity contribution >= 4 is 5.91 Å². The Bertz CT molecular complexity index is 653. The number of carbonyl (C=O) groups is 1. The van der Waals surface area contributed by atoms with Crippen LogP contribution in [0, 0.1) is 11.7 Å². The highest BCUT2D eigenvalue weighted by Gasteiger charge is 2.19. The van der Waals surface area contributed by atoms with Gasteiger partial charge in [-0.15, -0.1) is 0 Å².